The van der Waals surface area contributed by atoms with Crippen LogP contribution in [0.5, 0.6) is 5.75 Å². The van der Waals surface area contributed by atoms with Crippen molar-refractivity contribution >= 4 is 38.9 Å². The molecule has 0 spiro atoms. The third-order valence-corrected chi connectivity index (χ3v) is 5.88. The highest BCUT2D eigenvalue weighted by molar-refractivity contribution is 9.10. The van der Waals surface area contributed by atoms with E-state index in [1.165, 1.54) is 15.3 Å². The molecule has 2 atom stereocenters. The van der Waals surface area contributed by atoms with Gasteiger partial charge < -0.3 is 4.74 Å². The van der Waals surface area contributed by atoms with Crippen LogP contribution in [-0.2, 0) is 0 Å². The summed E-state index contributed by atoms with van der Waals surface area (Å²) < 4.78 is 6.81. The van der Waals surface area contributed by atoms with E-state index in [2.05, 4.69) is 35.0 Å². The maximum Gasteiger partial charge on any atom is 0.122 e. The number of alkyl halides is 1. The van der Waals surface area contributed by atoms with Crippen molar-refractivity contribution < 1.29 is 4.74 Å². The molecule has 94 valence electrons. The van der Waals surface area contributed by atoms with Gasteiger partial charge in [-0.2, -0.15) is 0 Å². The van der Waals surface area contributed by atoms with Gasteiger partial charge in [0.15, 0.2) is 0 Å². The first-order valence-electron chi connectivity index (χ1n) is 5.78. The molecule has 2 aromatic rings. The quantitative estimate of drug-likeness (QED) is 0.674. The number of hydrogen-bond acceptors (Lipinski definition) is 2. The molecule has 4 heteroatoms. The second-order valence-corrected chi connectivity index (χ2v) is 7.04. The topological polar surface area (TPSA) is 9.23 Å². The number of thiophene rings is 1. The van der Waals surface area contributed by atoms with Crippen molar-refractivity contribution in [3.05, 3.63) is 50.1 Å². The molecular weight excluding hydrogens is 332 g/mol. The Morgan fingerprint density at radius 1 is 1.44 bits per heavy atom. The highest BCUT2D eigenvalue weighted by atomic mass is 79.9. The minimum Gasteiger partial charge on any atom is -0.493 e. The Balaban J connectivity index is 1.95. The molecule has 0 aliphatic carbocycles. The fraction of sp³-hybridized carbons (Fsp3) is 0.286. The zero-order valence-electron chi connectivity index (χ0n) is 9.82. The summed E-state index contributed by atoms with van der Waals surface area (Å²) in [6.45, 7) is 2.76. The molecule has 2 unspecified atom stereocenters. The summed E-state index contributed by atoms with van der Waals surface area (Å²) in [6.07, 6.45) is 0. The molecule has 1 aliphatic rings. The van der Waals surface area contributed by atoms with E-state index in [0.29, 0.717) is 6.61 Å². The molecule has 0 amide bonds. The van der Waals surface area contributed by atoms with E-state index in [4.69, 9.17) is 16.3 Å². The molecule has 1 aromatic heterocycles. The standard InChI is InChI=1S/C14H12BrClOS/c1-8-6-11(15)14(18-8)13(16)10-7-17-12-5-3-2-4-9(10)12/h2-6,10,13H,7H2,1H3. The fourth-order valence-electron chi connectivity index (χ4n) is 2.30. The van der Waals surface area contributed by atoms with E-state index in [9.17, 15) is 0 Å². The lowest BCUT2D eigenvalue weighted by Crippen LogP contribution is -2.07. The average molecular weight is 344 g/mol. The van der Waals surface area contributed by atoms with Crippen LogP contribution in [0, 0.1) is 6.92 Å². The summed E-state index contributed by atoms with van der Waals surface area (Å²) in [6, 6.07) is 10.3. The monoisotopic (exact) mass is 342 g/mol. The van der Waals surface area contributed by atoms with E-state index in [0.717, 1.165) is 10.2 Å². The number of rotatable bonds is 2. The van der Waals surface area contributed by atoms with Crippen LogP contribution in [0.3, 0.4) is 0 Å². The Bertz CT molecular complexity index is 581. The maximum atomic E-state index is 6.66. The van der Waals surface area contributed by atoms with Crippen LogP contribution in [-0.4, -0.2) is 6.61 Å². The maximum absolute atomic E-state index is 6.66. The molecule has 1 aromatic carbocycles. The summed E-state index contributed by atoms with van der Waals surface area (Å²) in [5.41, 5.74) is 1.22. The highest BCUT2D eigenvalue weighted by Crippen LogP contribution is 2.48. The summed E-state index contributed by atoms with van der Waals surface area (Å²) in [4.78, 5) is 2.47. The zero-order chi connectivity index (χ0) is 12.7. The smallest absolute Gasteiger partial charge is 0.122 e. The van der Waals surface area contributed by atoms with E-state index >= 15 is 0 Å². The summed E-state index contributed by atoms with van der Waals surface area (Å²) >= 11 is 12.0. The number of ether oxygens (including phenoxy) is 1. The average Bonchev–Trinajstić information content (AvgIpc) is 2.92. The van der Waals surface area contributed by atoms with Gasteiger partial charge in [-0.3, -0.25) is 0 Å². The molecule has 0 radical (unpaired) electrons. The van der Waals surface area contributed by atoms with Crippen LogP contribution in [0.4, 0.5) is 0 Å². The van der Waals surface area contributed by atoms with Crippen LogP contribution in [0.2, 0.25) is 0 Å². The normalized spacial score (nSPS) is 19.4. The van der Waals surface area contributed by atoms with Gasteiger partial charge in [-0.05, 0) is 35.0 Å². The van der Waals surface area contributed by atoms with Crippen molar-refractivity contribution in [2.45, 2.75) is 18.2 Å². The molecule has 1 aliphatic heterocycles. The molecule has 0 bridgehead atoms. The van der Waals surface area contributed by atoms with Crippen LogP contribution in [0.15, 0.2) is 34.8 Å². The minimum atomic E-state index is -0.0401. The second-order valence-electron chi connectivity index (χ2n) is 4.43. The van der Waals surface area contributed by atoms with Crippen LogP contribution < -0.4 is 4.74 Å². The molecule has 3 rings (SSSR count). The molecule has 0 fully saturated rings. The number of fused-ring (bicyclic) bond motifs is 1. The van der Waals surface area contributed by atoms with Crippen molar-refractivity contribution in [3.63, 3.8) is 0 Å². The molecule has 0 saturated heterocycles. The minimum absolute atomic E-state index is 0.0401. The second kappa shape index (κ2) is 4.87. The van der Waals surface area contributed by atoms with Crippen molar-refractivity contribution in [1.29, 1.82) is 0 Å². The van der Waals surface area contributed by atoms with Crippen LogP contribution >= 0.6 is 38.9 Å². The zero-order valence-corrected chi connectivity index (χ0v) is 13.0. The van der Waals surface area contributed by atoms with E-state index < -0.39 is 0 Å². The summed E-state index contributed by atoms with van der Waals surface area (Å²) in [7, 11) is 0. The number of para-hydroxylation sites is 1. The Kier molecular flexibility index (Phi) is 3.39. The predicted molar refractivity (Wildman–Crippen MR) is 80.0 cm³/mol. The lowest BCUT2D eigenvalue weighted by molar-refractivity contribution is 0.328. The van der Waals surface area contributed by atoms with Crippen molar-refractivity contribution in [3.8, 4) is 5.75 Å². The molecular formula is C14H12BrClOS. The SMILES string of the molecule is Cc1cc(Br)c(C(Cl)C2COc3ccccc32)s1. The van der Waals surface area contributed by atoms with Gasteiger partial charge in [-0.25, -0.2) is 0 Å². The summed E-state index contributed by atoms with van der Waals surface area (Å²) in [5.74, 6) is 1.20. The number of aryl methyl sites for hydroxylation is 1. The molecule has 0 saturated carbocycles. The lowest BCUT2D eigenvalue weighted by Gasteiger charge is -2.15. The van der Waals surface area contributed by atoms with Gasteiger partial charge in [0.2, 0.25) is 0 Å². The predicted octanol–water partition coefficient (Wildman–Crippen LogP) is 5.28. The van der Waals surface area contributed by atoms with Crippen molar-refractivity contribution in [1.82, 2.24) is 0 Å². The number of hydrogen-bond donors (Lipinski definition) is 0. The van der Waals surface area contributed by atoms with Crippen molar-refractivity contribution in [2.24, 2.45) is 0 Å². The highest BCUT2D eigenvalue weighted by Gasteiger charge is 2.32. The Hall–Kier alpha value is -0.510. The van der Waals surface area contributed by atoms with Gasteiger partial charge in [-0.1, -0.05) is 18.2 Å². The van der Waals surface area contributed by atoms with Crippen molar-refractivity contribution in [2.75, 3.05) is 6.61 Å². The number of halogens is 2. The Morgan fingerprint density at radius 2 is 2.22 bits per heavy atom. The molecule has 18 heavy (non-hydrogen) atoms. The van der Waals surface area contributed by atoms with Gasteiger partial charge in [0.05, 0.1) is 12.0 Å². The van der Waals surface area contributed by atoms with Crippen LogP contribution in [0.25, 0.3) is 0 Å². The lowest BCUT2D eigenvalue weighted by atomic mass is 9.97. The first-order chi connectivity index (χ1) is 8.66. The third-order valence-electron chi connectivity index (χ3n) is 3.18. The van der Waals surface area contributed by atoms with E-state index in [-0.39, 0.29) is 11.3 Å². The first-order valence-corrected chi connectivity index (χ1v) is 7.83. The van der Waals surface area contributed by atoms with Gasteiger partial charge in [0, 0.05) is 25.7 Å². The third kappa shape index (κ3) is 2.09. The molecule has 2 heterocycles. The summed E-state index contributed by atoms with van der Waals surface area (Å²) in [5, 5.41) is -0.0401. The van der Waals surface area contributed by atoms with Gasteiger partial charge >= 0.3 is 0 Å². The van der Waals surface area contributed by atoms with Gasteiger partial charge in [-0.15, -0.1) is 22.9 Å². The number of benzene rings is 1. The Morgan fingerprint density at radius 3 is 2.94 bits per heavy atom. The molecule has 0 N–H and O–H groups in total. The van der Waals surface area contributed by atoms with Gasteiger partial charge in [0.1, 0.15) is 5.75 Å². The van der Waals surface area contributed by atoms with E-state index in [1.54, 1.807) is 11.3 Å². The fourth-order valence-corrected chi connectivity index (χ4v) is 4.83. The first kappa shape index (κ1) is 12.5. The largest absolute Gasteiger partial charge is 0.493 e. The molecule has 1 nitrogen and oxygen atoms in total. The van der Waals surface area contributed by atoms with E-state index in [1.807, 2.05) is 18.2 Å². The van der Waals surface area contributed by atoms with Crippen LogP contribution in [0.1, 0.15) is 26.6 Å². The van der Waals surface area contributed by atoms with Gasteiger partial charge in [0.25, 0.3) is 0 Å². The Labute approximate surface area is 124 Å².